The first-order valence-corrected chi connectivity index (χ1v) is 8.29. The minimum Gasteiger partial charge on any atom is -0.296 e. The van der Waals surface area contributed by atoms with Crippen molar-refractivity contribution in [3.63, 3.8) is 0 Å². The highest BCUT2D eigenvalue weighted by atomic mass is 19.4. The molecule has 3 rings (SSSR count). The van der Waals surface area contributed by atoms with Gasteiger partial charge in [0.15, 0.2) is 5.69 Å². The minimum absolute atomic E-state index is 0.0250. The number of hydrogen-bond acceptors (Lipinski definition) is 3. The summed E-state index contributed by atoms with van der Waals surface area (Å²) >= 11 is 0. The van der Waals surface area contributed by atoms with E-state index in [-0.39, 0.29) is 18.0 Å². The SMILES string of the molecule is CC(C)c1nc2ccnc(C(F)(F)F)c2c(=O)n1CCc1ccccc1. The predicted molar refractivity (Wildman–Crippen MR) is 93.0 cm³/mol. The summed E-state index contributed by atoms with van der Waals surface area (Å²) in [6.07, 6.45) is -3.15. The van der Waals surface area contributed by atoms with Gasteiger partial charge < -0.3 is 0 Å². The monoisotopic (exact) mass is 361 g/mol. The number of halogens is 3. The van der Waals surface area contributed by atoms with Gasteiger partial charge in [-0.25, -0.2) is 4.98 Å². The Balaban J connectivity index is 2.18. The zero-order valence-corrected chi connectivity index (χ0v) is 14.4. The average molecular weight is 361 g/mol. The molecule has 0 fully saturated rings. The molecule has 1 aromatic carbocycles. The van der Waals surface area contributed by atoms with E-state index in [4.69, 9.17) is 0 Å². The molecule has 7 heteroatoms. The van der Waals surface area contributed by atoms with Crippen LogP contribution >= 0.6 is 0 Å². The van der Waals surface area contributed by atoms with E-state index < -0.39 is 22.8 Å². The van der Waals surface area contributed by atoms with Gasteiger partial charge in [-0.1, -0.05) is 44.2 Å². The molecule has 0 saturated heterocycles. The number of alkyl halides is 3. The van der Waals surface area contributed by atoms with Gasteiger partial charge in [-0.15, -0.1) is 0 Å². The standard InChI is InChI=1S/C19H18F3N3O/c1-12(2)17-24-14-8-10-23-16(19(20,21)22)15(14)18(26)25(17)11-9-13-6-4-3-5-7-13/h3-8,10,12H,9,11H2,1-2H3. The maximum Gasteiger partial charge on any atom is 0.434 e. The molecular weight excluding hydrogens is 343 g/mol. The number of benzene rings is 1. The van der Waals surface area contributed by atoms with E-state index in [1.54, 1.807) is 0 Å². The Morgan fingerprint density at radius 1 is 1.12 bits per heavy atom. The van der Waals surface area contributed by atoms with Crippen LogP contribution in [0.5, 0.6) is 0 Å². The van der Waals surface area contributed by atoms with E-state index in [0.29, 0.717) is 12.2 Å². The molecule has 0 amide bonds. The van der Waals surface area contributed by atoms with Gasteiger partial charge in [0.25, 0.3) is 5.56 Å². The van der Waals surface area contributed by atoms with Crippen molar-refractivity contribution in [2.75, 3.05) is 0 Å². The predicted octanol–water partition coefficient (Wildman–Crippen LogP) is 4.18. The number of pyridine rings is 1. The lowest BCUT2D eigenvalue weighted by Gasteiger charge is -2.17. The van der Waals surface area contributed by atoms with Crippen LogP contribution in [0.25, 0.3) is 10.9 Å². The second-order valence-corrected chi connectivity index (χ2v) is 6.37. The van der Waals surface area contributed by atoms with Crippen molar-refractivity contribution in [3.8, 4) is 0 Å². The third-order valence-corrected chi connectivity index (χ3v) is 4.15. The normalized spacial score (nSPS) is 12.1. The molecule has 0 saturated carbocycles. The van der Waals surface area contributed by atoms with E-state index in [0.717, 1.165) is 11.8 Å². The Kier molecular flexibility index (Phi) is 4.80. The maximum atomic E-state index is 13.3. The van der Waals surface area contributed by atoms with Gasteiger partial charge in [0.2, 0.25) is 0 Å². The lowest BCUT2D eigenvalue weighted by Crippen LogP contribution is -2.29. The molecule has 4 nitrogen and oxygen atoms in total. The van der Waals surface area contributed by atoms with Crippen LogP contribution in [0.4, 0.5) is 13.2 Å². The van der Waals surface area contributed by atoms with Crippen molar-refractivity contribution in [3.05, 3.63) is 70.0 Å². The number of fused-ring (bicyclic) bond motifs is 1. The van der Waals surface area contributed by atoms with Gasteiger partial charge >= 0.3 is 6.18 Å². The Hall–Kier alpha value is -2.70. The number of aromatic nitrogens is 3. The highest BCUT2D eigenvalue weighted by Gasteiger charge is 2.36. The van der Waals surface area contributed by atoms with Crippen LogP contribution in [-0.4, -0.2) is 14.5 Å². The first-order chi connectivity index (χ1) is 12.3. The summed E-state index contributed by atoms with van der Waals surface area (Å²) in [5, 5.41) is -0.475. The molecule has 0 aliphatic carbocycles. The van der Waals surface area contributed by atoms with Crippen LogP contribution in [0.1, 0.15) is 36.8 Å². The summed E-state index contributed by atoms with van der Waals surface area (Å²) in [6.45, 7) is 3.97. The van der Waals surface area contributed by atoms with Crippen molar-refractivity contribution >= 4 is 10.9 Å². The molecule has 0 atom stereocenters. The van der Waals surface area contributed by atoms with Crippen LogP contribution in [0.3, 0.4) is 0 Å². The molecule has 0 N–H and O–H groups in total. The third-order valence-electron chi connectivity index (χ3n) is 4.15. The van der Waals surface area contributed by atoms with Crippen LogP contribution in [0.2, 0.25) is 0 Å². The molecule has 0 spiro atoms. The quantitative estimate of drug-likeness (QED) is 0.701. The van der Waals surface area contributed by atoms with Crippen molar-refractivity contribution in [2.24, 2.45) is 0 Å². The largest absolute Gasteiger partial charge is 0.434 e. The number of rotatable bonds is 4. The van der Waals surface area contributed by atoms with E-state index >= 15 is 0 Å². The van der Waals surface area contributed by atoms with Gasteiger partial charge in [-0.2, -0.15) is 13.2 Å². The molecule has 0 bridgehead atoms. The number of hydrogen-bond donors (Lipinski definition) is 0. The fraction of sp³-hybridized carbons (Fsp3) is 0.316. The first-order valence-electron chi connectivity index (χ1n) is 8.29. The minimum atomic E-state index is -4.71. The Labute approximate surface area is 148 Å². The molecule has 0 unspecified atom stereocenters. The van der Waals surface area contributed by atoms with Gasteiger partial charge in [0.05, 0.1) is 10.9 Å². The highest BCUT2D eigenvalue weighted by Crippen LogP contribution is 2.31. The molecule has 2 heterocycles. The van der Waals surface area contributed by atoms with E-state index in [1.807, 2.05) is 44.2 Å². The number of nitrogens with zero attached hydrogens (tertiary/aromatic N) is 3. The fourth-order valence-corrected chi connectivity index (χ4v) is 2.94. The summed E-state index contributed by atoms with van der Waals surface area (Å²) in [6, 6.07) is 10.8. The van der Waals surface area contributed by atoms with Gasteiger partial charge in [-0.3, -0.25) is 14.3 Å². The smallest absolute Gasteiger partial charge is 0.296 e. The van der Waals surface area contributed by atoms with E-state index in [1.165, 1.54) is 10.6 Å². The molecule has 0 aliphatic heterocycles. The molecule has 136 valence electrons. The lowest BCUT2D eigenvalue weighted by molar-refractivity contribution is -0.139. The molecule has 26 heavy (non-hydrogen) atoms. The van der Waals surface area contributed by atoms with Crippen LogP contribution in [0, 0.1) is 0 Å². The van der Waals surface area contributed by atoms with Crippen molar-refractivity contribution < 1.29 is 13.2 Å². The summed E-state index contributed by atoms with van der Waals surface area (Å²) in [7, 11) is 0. The summed E-state index contributed by atoms with van der Waals surface area (Å²) in [5.41, 5.74) is -0.861. The topological polar surface area (TPSA) is 47.8 Å². The zero-order valence-electron chi connectivity index (χ0n) is 14.4. The van der Waals surface area contributed by atoms with Gasteiger partial charge in [0.1, 0.15) is 5.82 Å². The van der Waals surface area contributed by atoms with E-state index in [2.05, 4.69) is 9.97 Å². The summed E-state index contributed by atoms with van der Waals surface area (Å²) in [5.74, 6) is 0.364. The molecule has 3 aromatic rings. The summed E-state index contributed by atoms with van der Waals surface area (Å²) in [4.78, 5) is 20.7. The van der Waals surface area contributed by atoms with Crippen molar-refractivity contribution in [1.82, 2.24) is 14.5 Å². The van der Waals surface area contributed by atoms with Gasteiger partial charge in [0, 0.05) is 18.7 Å². The van der Waals surface area contributed by atoms with Crippen LogP contribution in [-0.2, 0) is 19.1 Å². The Morgan fingerprint density at radius 3 is 2.42 bits per heavy atom. The third kappa shape index (κ3) is 3.47. The highest BCUT2D eigenvalue weighted by molar-refractivity contribution is 5.80. The van der Waals surface area contributed by atoms with Crippen LogP contribution in [0.15, 0.2) is 47.4 Å². The first kappa shape index (κ1) is 18.1. The number of aryl methyl sites for hydroxylation is 1. The fourth-order valence-electron chi connectivity index (χ4n) is 2.94. The van der Waals surface area contributed by atoms with Gasteiger partial charge in [-0.05, 0) is 18.1 Å². The summed E-state index contributed by atoms with van der Waals surface area (Å²) < 4.78 is 41.2. The second kappa shape index (κ2) is 6.90. The maximum absolute atomic E-state index is 13.3. The molecule has 0 radical (unpaired) electrons. The van der Waals surface area contributed by atoms with Crippen molar-refractivity contribution in [1.29, 1.82) is 0 Å². The lowest BCUT2D eigenvalue weighted by atomic mass is 10.1. The Bertz CT molecular complexity index is 979. The second-order valence-electron chi connectivity index (χ2n) is 6.37. The van der Waals surface area contributed by atoms with Crippen molar-refractivity contribution in [2.45, 2.75) is 38.9 Å². The zero-order chi connectivity index (χ0) is 18.9. The Morgan fingerprint density at radius 2 is 1.81 bits per heavy atom. The van der Waals surface area contributed by atoms with E-state index in [9.17, 15) is 18.0 Å². The van der Waals surface area contributed by atoms with Crippen LogP contribution < -0.4 is 5.56 Å². The average Bonchev–Trinajstić information content (AvgIpc) is 2.60. The molecular formula is C19H18F3N3O. The molecule has 0 aliphatic rings. The molecule has 2 aromatic heterocycles.